The predicted octanol–water partition coefficient (Wildman–Crippen LogP) is 2.76. The van der Waals surface area contributed by atoms with Crippen molar-refractivity contribution >= 4 is 5.69 Å². The number of nitrogens with zero attached hydrogens (tertiary/aromatic N) is 2. The lowest BCUT2D eigenvalue weighted by atomic mass is 10.0. The van der Waals surface area contributed by atoms with Crippen molar-refractivity contribution in [2.45, 2.75) is 31.7 Å². The van der Waals surface area contributed by atoms with Gasteiger partial charge in [0.25, 0.3) is 0 Å². The Bertz CT molecular complexity index is 407. The van der Waals surface area contributed by atoms with E-state index in [0.29, 0.717) is 0 Å². The molecule has 0 radical (unpaired) electrons. The Morgan fingerprint density at radius 1 is 1.05 bits per heavy atom. The molecular weight excluding hydrogens is 236 g/mol. The van der Waals surface area contributed by atoms with Crippen LogP contribution in [-0.2, 0) is 0 Å². The van der Waals surface area contributed by atoms with Crippen molar-refractivity contribution < 1.29 is 4.74 Å². The number of likely N-dealkylation sites (tertiary alicyclic amines) is 1. The molecule has 0 aromatic heterocycles. The zero-order valence-electron chi connectivity index (χ0n) is 11.8. The number of piperidine rings is 1. The SMILES string of the molecule is COc1cccc(N2CCC(N3CCCC3)CC2)c1. The highest BCUT2D eigenvalue weighted by Crippen LogP contribution is 2.26. The molecule has 0 spiro atoms. The largest absolute Gasteiger partial charge is 0.497 e. The van der Waals surface area contributed by atoms with Crippen molar-refractivity contribution in [3.05, 3.63) is 24.3 Å². The quantitative estimate of drug-likeness (QED) is 0.831. The number of anilines is 1. The molecule has 2 fully saturated rings. The summed E-state index contributed by atoms with van der Waals surface area (Å²) in [6, 6.07) is 9.26. The van der Waals surface area contributed by atoms with Crippen LogP contribution in [0.5, 0.6) is 5.75 Å². The summed E-state index contributed by atoms with van der Waals surface area (Å²) >= 11 is 0. The average molecular weight is 260 g/mol. The standard InChI is InChI=1S/C16H24N2O/c1-19-16-6-4-5-15(13-16)18-11-7-14(8-12-18)17-9-2-3-10-17/h4-6,13-14H,2-3,7-12H2,1H3. The lowest BCUT2D eigenvalue weighted by molar-refractivity contribution is 0.208. The molecule has 104 valence electrons. The number of ether oxygens (including phenoxy) is 1. The number of hydrogen-bond acceptors (Lipinski definition) is 3. The second-order valence-corrected chi connectivity index (χ2v) is 5.66. The van der Waals surface area contributed by atoms with Gasteiger partial charge in [-0.15, -0.1) is 0 Å². The van der Waals surface area contributed by atoms with Gasteiger partial charge in [-0.1, -0.05) is 6.07 Å². The van der Waals surface area contributed by atoms with E-state index in [1.807, 2.05) is 6.07 Å². The van der Waals surface area contributed by atoms with Crippen LogP contribution in [0.4, 0.5) is 5.69 Å². The Balaban J connectivity index is 1.59. The van der Waals surface area contributed by atoms with Crippen molar-refractivity contribution in [1.29, 1.82) is 0 Å². The van der Waals surface area contributed by atoms with Gasteiger partial charge in [-0.05, 0) is 50.9 Å². The van der Waals surface area contributed by atoms with Crippen molar-refractivity contribution in [3.63, 3.8) is 0 Å². The second kappa shape index (κ2) is 5.83. The molecule has 2 aliphatic heterocycles. The molecule has 0 atom stereocenters. The Hall–Kier alpha value is -1.22. The fourth-order valence-electron chi connectivity index (χ4n) is 3.40. The van der Waals surface area contributed by atoms with Crippen LogP contribution in [0.15, 0.2) is 24.3 Å². The highest BCUT2D eigenvalue weighted by Gasteiger charge is 2.26. The summed E-state index contributed by atoms with van der Waals surface area (Å²) in [7, 11) is 1.73. The van der Waals surface area contributed by atoms with E-state index in [0.717, 1.165) is 11.8 Å². The summed E-state index contributed by atoms with van der Waals surface area (Å²) in [6.45, 7) is 5.00. The molecule has 0 aliphatic carbocycles. The van der Waals surface area contributed by atoms with Crippen LogP contribution >= 0.6 is 0 Å². The molecule has 0 amide bonds. The maximum atomic E-state index is 5.31. The molecule has 0 saturated carbocycles. The van der Waals surface area contributed by atoms with E-state index >= 15 is 0 Å². The lowest BCUT2D eigenvalue weighted by Crippen LogP contribution is -2.43. The zero-order valence-corrected chi connectivity index (χ0v) is 11.8. The maximum Gasteiger partial charge on any atom is 0.120 e. The molecule has 0 N–H and O–H groups in total. The van der Waals surface area contributed by atoms with E-state index in [-0.39, 0.29) is 0 Å². The van der Waals surface area contributed by atoms with Gasteiger partial charge in [-0.3, -0.25) is 0 Å². The minimum Gasteiger partial charge on any atom is -0.497 e. The van der Waals surface area contributed by atoms with E-state index in [1.54, 1.807) is 7.11 Å². The Kier molecular flexibility index (Phi) is 3.92. The minimum absolute atomic E-state index is 0.823. The Morgan fingerprint density at radius 2 is 1.79 bits per heavy atom. The minimum atomic E-state index is 0.823. The first-order valence-electron chi connectivity index (χ1n) is 7.50. The molecule has 1 aromatic rings. The third-order valence-electron chi connectivity index (χ3n) is 4.54. The second-order valence-electron chi connectivity index (χ2n) is 5.66. The van der Waals surface area contributed by atoms with E-state index in [1.165, 1.54) is 57.5 Å². The maximum absolute atomic E-state index is 5.31. The van der Waals surface area contributed by atoms with Crippen molar-refractivity contribution in [2.75, 3.05) is 38.2 Å². The van der Waals surface area contributed by atoms with Crippen LogP contribution < -0.4 is 9.64 Å². The highest BCUT2D eigenvalue weighted by atomic mass is 16.5. The van der Waals surface area contributed by atoms with Crippen LogP contribution in [0.25, 0.3) is 0 Å². The fourth-order valence-corrected chi connectivity index (χ4v) is 3.40. The number of rotatable bonds is 3. The third kappa shape index (κ3) is 2.86. The first-order chi connectivity index (χ1) is 9.36. The fraction of sp³-hybridized carbons (Fsp3) is 0.625. The van der Waals surface area contributed by atoms with Crippen molar-refractivity contribution in [3.8, 4) is 5.75 Å². The predicted molar refractivity (Wildman–Crippen MR) is 79.0 cm³/mol. The summed E-state index contributed by atoms with van der Waals surface area (Å²) in [5.41, 5.74) is 1.30. The van der Waals surface area contributed by atoms with E-state index in [4.69, 9.17) is 4.74 Å². The molecule has 0 unspecified atom stereocenters. The topological polar surface area (TPSA) is 15.7 Å². The molecule has 19 heavy (non-hydrogen) atoms. The van der Waals surface area contributed by atoms with Gasteiger partial charge < -0.3 is 14.5 Å². The van der Waals surface area contributed by atoms with Crippen LogP contribution in [-0.4, -0.2) is 44.2 Å². The van der Waals surface area contributed by atoms with Crippen molar-refractivity contribution in [1.82, 2.24) is 4.90 Å². The number of hydrogen-bond donors (Lipinski definition) is 0. The summed E-state index contributed by atoms with van der Waals surface area (Å²) in [5.74, 6) is 0.958. The van der Waals surface area contributed by atoms with Gasteiger partial charge in [0.1, 0.15) is 5.75 Å². The Labute approximate surface area is 116 Å². The van der Waals surface area contributed by atoms with Gasteiger partial charge in [0.2, 0.25) is 0 Å². The molecular formula is C16H24N2O. The molecule has 1 aromatic carbocycles. The summed E-state index contributed by atoms with van der Waals surface area (Å²) in [6.07, 6.45) is 5.40. The Morgan fingerprint density at radius 3 is 2.47 bits per heavy atom. The van der Waals surface area contributed by atoms with Gasteiger partial charge in [-0.25, -0.2) is 0 Å². The van der Waals surface area contributed by atoms with Crippen LogP contribution in [0.3, 0.4) is 0 Å². The van der Waals surface area contributed by atoms with E-state index in [2.05, 4.69) is 28.0 Å². The molecule has 2 aliphatic rings. The van der Waals surface area contributed by atoms with E-state index in [9.17, 15) is 0 Å². The summed E-state index contributed by atoms with van der Waals surface area (Å²) in [4.78, 5) is 5.19. The third-order valence-corrected chi connectivity index (χ3v) is 4.54. The molecule has 0 bridgehead atoms. The summed E-state index contributed by atoms with van der Waals surface area (Å²) in [5, 5.41) is 0. The first kappa shape index (κ1) is 12.8. The monoisotopic (exact) mass is 260 g/mol. The van der Waals surface area contributed by atoms with Crippen molar-refractivity contribution in [2.24, 2.45) is 0 Å². The van der Waals surface area contributed by atoms with Crippen LogP contribution in [0.2, 0.25) is 0 Å². The smallest absolute Gasteiger partial charge is 0.120 e. The van der Waals surface area contributed by atoms with E-state index < -0.39 is 0 Å². The first-order valence-corrected chi connectivity index (χ1v) is 7.50. The van der Waals surface area contributed by atoms with Gasteiger partial charge >= 0.3 is 0 Å². The average Bonchev–Trinajstić information content (AvgIpc) is 3.02. The molecule has 3 heteroatoms. The normalized spacial score (nSPS) is 21.8. The molecule has 2 heterocycles. The van der Waals surface area contributed by atoms with Gasteiger partial charge in [0.05, 0.1) is 7.11 Å². The van der Waals surface area contributed by atoms with Gasteiger partial charge in [-0.2, -0.15) is 0 Å². The molecule has 3 rings (SSSR count). The highest BCUT2D eigenvalue weighted by molar-refractivity contribution is 5.51. The lowest BCUT2D eigenvalue weighted by Gasteiger charge is -2.37. The van der Waals surface area contributed by atoms with Gasteiger partial charge in [0.15, 0.2) is 0 Å². The molecule has 2 saturated heterocycles. The zero-order chi connectivity index (χ0) is 13.1. The van der Waals surface area contributed by atoms with Gasteiger partial charge in [0, 0.05) is 30.9 Å². The molecule has 3 nitrogen and oxygen atoms in total. The number of methoxy groups -OCH3 is 1. The summed E-state index contributed by atoms with van der Waals surface area (Å²) < 4.78 is 5.31. The van der Waals surface area contributed by atoms with Crippen LogP contribution in [0, 0.1) is 0 Å². The van der Waals surface area contributed by atoms with Crippen LogP contribution in [0.1, 0.15) is 25.7 Å². The number of benzene rings is 1.